The summed E-state index contributed by atoms with van der Waals surface area (Å²) >= 11 is 1.24. The second-order valence-electron chi connectivity index (χ2n) is 7.45. The SMILES string of the molecule is COC(=O)C1=C(C)N=c2sc(=Cc3cc(OC)ccc3OC)c(=O)n2C1c1ccc(OC)cc1. The van der Waals surface area contributed by atoms with Crippen LogP contribution in [0.1, 0.15) is 24.1 Å². The number of methoxy groups -OCH3 is 4. The molecule has 0 fully saturated rings. The maximum absolute atomic E-state index is 13.7. The lowest BCUT2D eigenvalue weighted by molar-refractivity contribution is -0.136. The lowest BCUT2D eigenvalue weighted by Gasteiger charge is -2.24. The van der Waals surface area contributed by atoms with Gasteiger partial charge in [0.15, 0.2) is 4.80 Å². The minimum absolute atomic E-state index is 0.275. The average molecular weight is 481 g/mol. The fourth-order valence-corrected chi connectivity index (χ4v) is 4.93. The zero-order chi connectivity index (χ0) is 24.4. The molecule has 8 nitrogen and oxygen atoms in total. The van der Waals surface area contributed by atoms with Gasteiger partial charge in [0.25, 0.3) is 5.56 Å². The van der Waals surface area contributed by atoms with Gasteiger partial charge in [0, 0.05) is 5.56 Å². The smallest absolute Gasteiger partial charge is 0.338 e. The summed E-state index contributed by atoms with van der Waals surface area (Å²) in [5.74, 6) is 1.37. The zero-order valence-electron chi connectivity index (χ0n) is 19.4. The van der Waals surface area contributed by atoms with Crippen LogP contribution in [0, 0.1) is 0 Å². The summed E-state index contributed by atoms with van der Waals surface area (Å²) in [6.07, 6.45) is 1.74. The van der Waals surface area contributed by atoms with E-state index in [1.807, 2.05) is 12.1 Å². The molecule has 3 aromatic rings. The van der Waals surface area contributed by atoms with Crippen LogP contribution in [-0.2, 0) is 9.53 Å². The Morgan fingerprint density at radius 3 is 2.29 bits per heavy atom. The van der Waals surface area contributed by atoms with Gasteiger partial charge in [0.05, 0.1) is 50.3 Å². The molecule has 34 heavy (non-hydrogen) atoms. The van der Waals surface area contributed by atoms with Crippen molar-refractivity contribution in [3.8, 4) is 17.2 Å². The number of hydrogen-bond donors (Lipinski definition) is 0. The van der Waals surface area contributed by atoms with Crippen LogP contribution in [0.5, 0.6) is 17.2 Å². The van der Waals surface area contributed by atoms with E-state index in [4.69, 9.17) is 18.9 Å². The van der Waals surface area contributed by atoms with Crippen molar-refractivity contribution in [1.82, 2.24) is 4.57 Å². The van der Waals surface area contributed by atoms with Crippen LogP contribution in [0.15, 0.2) is 63.5 Å². The molecule has 0 aliphatic carbocycles. The lowest BCUT2D eigenvalue weighted by atomic mass is 9.96. The predicted molar refractivity (Wildman–Crippen MR) is 128 cm³/mol. The van der Waals surface area contributed by atoms with Crippen LogP contribution in [0.4, 0.5) is 0 Å². The number of thiazole rings is 1. The monoisotopic (exact) mass is 480 g/mol. The number of carbonyl (C=O) groups is 1. The van der Waals surface area contributed by atoms with E-state index in [1.54, 1.807) is 64.7 Å². The fourth-order valence-electron chi connectivity index (χ4n) is 3.89. The predicted octanol–water partition coefficient (Wildman–Crippen LogP) is 2.43. The second kappa shape index (κ2) is 9.56. The normalized spacial score (nSPS) is 15.4. The zero-order valence-corrected chi connectivity index (χ0v) is 20.3. The van der Waals surface area contributed by atoms with Gasteiger partial charge in [0.1, 0.15) is 17.2 Å². The van der Waals surface area contributed by atoms with E-state index < -0.39 is 12.0 Å². The quantitative estimate of drug-likeness (QED) is 0.504. The highest BCUT2D eigenvalue weighted by Crippen LogP contribution is 2.31. The molecule has 176 valence electrons. The first-order valence-electron chi connectivity index (χ1n) is 10.4. The summed E-state index contributed by atoms with van der Waals surface area (Å²) < 4.78 is 23.1. The van der Waals surface area contributed by atoms with Crippen molar-refractivity contribution < 1.29 is 23.7 Å². The van der Waals surface area contributed by atoms with E-state index in [1.165, 1.54) is 23.0 Å². The first-order valence-corrected chi connectivity index (χ1v) is 11.2. The van der Waals surface area contributed by atoms with Crippen LogP contribution in [0.2, 0.25) is 0 Å². The number of aromatic nitrogens is 1. The number of nitrogens with zero attached hydrogens (tertiary/aromatic N) is 2. The number of carbonyl (C=O) groups excluding carboxylic acids is 1. The molecule has 1 unspecified atom stereocenters. The van der Waals surface area contributed by atoms with Crippen LogP contribution >= 0.6 is 11.3 Å². The molecule has 0 amide bonds. The Hall–Kier alpha value is -3.85. The van der Waals surface area contributed by atoms with Crippen molar-refractivity contribution in [3.05, 3.63) is 84.5 Å². The van der Waals surface area contributed by atoms with Crippen LogP contribution in [0.25, 0.3) is 6.08 Å². The molecular formula is C25H24N2O6S. The number of fused-ring (bicyclic) bond motifs is 1. The van der Waals surface area contributed by atoms with Crippen molar-refractivity contribution in [1.29, 1.82) is 0 Å². The first kappa shape index (κ1) is 23.3. The third-order valence-corrected chi connectivity index (χ3v) is 6.56. The minimum atomic E-state index is -0.691. The highest BCUT2D eigenvalue weighted by atomic mass is 32.1. The van der Waals surface area contributed by atoms with Crippen molar-refractivity contribution >= 4 is 23.4 Å². The van der Waals surface area contributed by atoms with E-state index in [9.17, 15) is 9.59 Å². The summed E-state index contributed by atoms with van der Waals surface area (Å²) in [5.41, 5.74) is 1.97. The number of ether oxygens (including phenoxy) is 4. The van der Waals surface area contributed by atoms with Gasteiger partial charge < -0.3 is 18.9 Å². The van der Waals surface area contributed by atoms with Crippen LogP contribution in [-0.4, -0.2) is 39.0 Å². The van der Waals surface area contributed by atoms with Gasteiger partial charge in [-0.05, 0) is 48.9 Å². The Morgan fingerprint density at radius 1 is 1.00 bits per heavy atom. The van der Waals surface area contributed by atoms with Gasteiger partial charge in [-0.1, -0.05) is 23.5 Å². The molecule has 2 heterocycles. The molecule has 0 spiro atoms. The number of allylic oxidation sites excluding steroid dienone is 1. The van der Waals surface area contributed by atoms with E-state index in [0.29, 0.717) is 43.4 Å². The molecule has 0 N–H and O–H groups in total. The molecule has 0 saturated heterocycles. The Balaban J connectivity index is 1.96. The Morgan fingerprint density at radius 2 is 1.68 bits per heavy atom. The highest BCUT2D eigenvalue weighted by Gasteiger charge is 2.33. The molecule has 9 heteroatoms. The molecule has 0 saturated carbocycles. The number of esters is 1. The summed E-state index contributed by atoms with van der Waals surface area (Å²) in [7, 11) is 6.03. The van der Waals surface area contributed by atoms with E-state index in [0.717, 1.165) is 5.56 Å². The molecule has 1 aliphatic rings. The van der Waals surface area contributed by atoms with Crippen LogP contribution in [0.3, 0.4) is 0 Å². The van der Waals surface area contributed by atoms with Gasteiger partial charge >= 0.3 is 5.97 Å². The van der Waals surface area contributed by atoms with E-state index >= 15 is 0 Å². The van der Waals surface area contributed by atoms with Crippen molar-refractivity contribution in [2.24, 2.45) is 4.99 Å². The third-order valence-electron chi connectivity index (χ3n) is 5.58. The standard InChI is InChI=1S/C25H24N2O6S/c1-14-21(24(29)33-5)22(15-6-8-17(30-2)9-7-15)27-23(28)20(34-25(27)26-14)13-16-12-18(31-3)10-11-19(16)32-4/h6-13,22H,1-5H3. The Kier molecular flexibility index (Phi) is 6.56. The number of benzene rings is 2. The van der Waals surface area contributed by atoms with Crippen molar-refractivity contribution in [2.75, 3.05) is 28.4 Å². The molecule has 4 rings (SSSR count). The molecule has 0 bridgehead atoms. The molecule has 1 aliphatic heterocycles. The summed E-state index contributed by atoms with van der Waals surface area (Å²) in [4.78, 5) is 31.4. The molecular weight excluding hydrogens is 456 g/mol. The first-order chi connectivity index (χ1) is 16.4. The van der Waals surface area contributed by atoms with E-state index in [2.05, 4.69) is 4.99 Å². The molecule has 0 radical (unpaired) electrons. The van der Waals surface area contributed by atoms with E-state index in [-0.39, 0.29) is 5.56 Å². The summed E-state index contributed by atoms with van der Waals surface area (Å²) in [6.45, 7) is 1.74. The van der Waals surface area contributed by atoms with Gasteiger partial charge in [0.2, 0.25) is 0 Å². The second-order valence-corrected chi connectivity index (χ2v) is 8.46. The minimum Gasteiger partial charge on any atom is -0.497 e. The lowest BCUT2D eigenvalue weighted by Crippen LogP contribution is -2.39. The molecule has 1 atom stereocenters. The van der Waals surface area contributed by atoms with Gasteiger partial charge in [-0.15, -0.1) is 0 Å². The Bertz CT molecular complexity index is 1450. The summed E-state index contributed by atoms with van der Waals surface area (Å²) in [5, 5.41) is 0. The topological polar surface area (TPSA) is 88.4 Å². The highest BCUT2D eigenvalue weighted by molar-refractivity contribution is 7.07. The van der Waals surface area contributed by atoms with Gasteiger partial charge in [-0.2, -0.15) is 0 Å². The van der Waals surface area contributed by atoms with Crippen molar-refractivity contribution in [3.63, 3.8) is 0 Å². The van der Waals surface area contributed by atoms with Gasteiger partial charge in [-0.3, -0.25) is 9.36 Å². The average Bonchev–Trinajstić information content (AvgIpc) is 3.16. The number of hydrogen-bond acceptors (Lipinski definition) is 8. The molecule has 1 aromatic heterocycles. The largest absolute Gasteiger partial charge is 0.497 e. The van der Waals surface area contributed by atoms with Crippen LogP contribution < -0.4 is 29.1 Å². The molecule has 2 aromatic carbocycles. The maximum atomic E-state index is 13.7. The third kappa shape index (κ3) is 4.10. The van der Waals surface area contributed by atoms with Gasteiger partial charge in [-0.25, -0.2) is 9.79 Å². The maximum Gasteiger partial charge on any atom is 0.338 e. The number of rotatable bonds is 6. The summed E-state index contributed by atoms with van der Waals surface area (Å²) in [6, 6.07) is 11.9. The van der Waals surface area contributed by atoms with Crippen molar-refractivity contribution in [2.45, 2.75) is 13.0 Å². The Labute approximate surface area is 200 Å². The fraction of sp³-hybridized carbons (Fsp3) is 0.240.